The van der Waals surface area contributed by atoms with E-state index in [-0.39, 0.29) is 31.3 Å². The highest BCUT2D eigenvalue weighted by Gasteiger charge is 2.08. The smallest absolute Gasteiger partial charge is 0.331 e. The molecule has 0 saturated carbocycles. The third kappa shape index (κ3) is 9.76. The maximum atomic E-state index is 11.7. The van der Waals surface area contributed by atoms with Gasteiger partial charge in [0.15, 0.2) is 0 Å². The zero-order valence-corrected chi connectivity index (χ0v) is 9.08. The molecule has 100 valence electrons. The lowest BCUT2D eigenvalue weighted by Crippen LogP contribution is -2.07. The number of nitrogens with zero attached hydrogens (tertiary/aromatic N) is 2. The molecule has 0 saturated heterocycles. The van der Waals surface area contributed by atoms with Crippen LogP contribution >= 0.6 is 0 Å². The van der Waals surface area contributed by atoms with Crippen molar-refractivity contribution in [3.8, 4) is 0 Å². The van der Waals surface area contributed by atoms with E-state index in [2.05, 4.69) is 0 Å². The summed E-state index contributed by atoms with van der Waals surface area (Å²) >= 11 is 0. The minimum atomic E-state index is -1.20. The highest BCUT2D eigenvalue weighted by molar-refractivity contribution is 5.86. The van der Waals surface area contributed by atoms with Crippen molar-refractivity contribution in [2.75, 3.05) is 13.1 Å². The molecule has 17 heavy (non-hydrogen) atoms. The van der Waals surface area contributed by atoms with Crippen LogP contribution in [-0.2, 0) is 4.79 Å². The minimum absolute atomic E-state index is 0.00345. The zero-order chi connectivity index (χ0) is 13.3. The third-order valence-electron chi connectivity index (χ3n) is 1.97. The predicted molar refractivity (Wildman–Crippen MR) is 52.0 cm³/mol. The summed E-state index contributed by atoms with van der Waals surface area (Å²) in [6.45, 7) is -0.973. The monoisotopic (exact) mass is 258 g/mol. The van der Waals surface area contributed by atoms with Crippen LogP contribution in [0.15, 0.2) is 11.6 Å². The van der Waals surface area contributed by atoms with Gasteiger partial charge in [-0.2, -0.15) is 0 Å². The molecular weight excluding hydrogens is 244 g/mol. The van der Waals surface area contributed by atoms with Gasteiger partial charge in [-0.05, 0) is 25.7 Å². The van der Waals surface area contributed by atoms with Gasteiger partial charge in [-0.15, -0.1) is 17.9 Å². The van der Waals surface area contributed by atoms with Gasteiger partial charge in [0.2, 0.25) is 0 Å². The number of unbranched alkanes of at least 4 members (excludes halogenated alkanes) is 1. The van der Waals surface area contributed by atoms with Gasteiger partial charge in [0.25, 0.3) is 0 Å². The Morgan fingerprint density at radius 1 is 1.06 bits per heavy atom. The number of hydrogen-bond donors (Lipinski definition) is 1. The van der Waals surface area contributed by atoms with E-state index >= 15 is 0 Å². The molecule has 0 fully saturated rings. The molecule has 0 unspecified atom stereocenters. The number of carboxylic acids is 1. The number of rotatable bonds is 9. The number of carbonyl (C=O) groups is 1. The van der Waals surface area contributed by atoms with Crippen molar-refractivity contribution in [3.63, 3.8) is 0 Å². The van der Waals surface area contributed by atoms with E-state index in [1.807, 2.05) is 0 Å². The SMILES string of the molecule is O=C(O)C(=CCCCN(F)F)CCCN(F)F. The van der Waals surface area contributed by atoms with Crippen LogP contribution in [0.2, 0.25) is 0 Å². The molecule has 0 radical (unpaired) electrons. The summed E-state index contributed by atoms with van der Waals surface area (Å²) in [7, 11) is 0. The lowest BCUT2D eigenvalue weighted by atomic mass is 10.1. The highest BCUT2D eigenvalue weighted by atomic mass is 19.4. The van der Waals surface area contributed by atoms with Gasteiger partial charge in [-0.3, -0.25) is 0 Å². The topological polar surface area (TPSA) is 43.8 Å². The Kier molecular flexibility index (Phi) is 8.34. The lowest BCUT2D eigenvalue weighted by Gasteiger charge is -2.03. The quantitative estimate of drug-likeness (QED) is 0.299. The average molecular weight is 258 g/mol. The average Bonchev–Trinajstić information content (AvgIpc) is 2.20. The van der Waals surface area contributed by atoms with Crippen LogP contribution in [0.3, 0.4) is 0 Å². The molecule has 0 aliphatic rings. The van der Waals surface area contributed by atoms with E-state index in [4.69, 9.17) is 5.11 Å². The first-order valence-electron chi connectivity index (χ1n) is 5.04. The van der Waals surface area contributed by atoms with Crippen LogP contribution in [0, 0.1) is 0 Å². The van der Waals surface area contributed by atoms with E-state index in [1.54, 1.807) is 0 Å². The summed E-state index contributed by atoms with van der Waals surface area (Å²) in [5.74, 6) is -1.20. The molecule has 0 aromatic heterocycles. The van der Waals surface area contributed by atoms with Crippen LogP contribution < -0.4 is 0 Å². The maximum Gasteiger partial charge on any atom is 0.331 e. The summed E-state index contributed by atoms with van der Waals surface area (Å²) in [4.78, 5) is 10.7. The fourth-order valence-corrected chi connectivity index (χ4v) is 1.17. The molecule has 0 aromatic carbocycles. The Bertz CT molecular complexity index is 259. The predicted octanol–water partition coefficient (Wildman–Crippen LogP) is 2.70. The van der Waals surface area contributed by atoms with E-state index in [9.17, 15) is 22.7 Å². The van der Waals surface area contributed by atoms with Crippen molar-refractivity contribution < 1.29 is 27.8 Å². The summed E-state index contributed by atoms with van der Waals surface area (Å²) in [5.41, 5.74) is -0.0175. The molecule has 0 aliphatic heterocycles. The van der Waals surface area contributed by atoms with E-state index < -0.39 is 29.7 Å². The van der Waals surface area contributed by atoms with Gasteiger partial charge in [0.05, 0.1) is 13.1 Å². The Morgan fingerprint density at radius 2 is 1.59 bits per heavy atom. The number of halogens is 4. The van der Waals surface area contributed by atoms with E-state index in [1.165, 1.54) is 6.08 Å². The van der Waals surface area contributed by atoms with Gasteiger partial charge in [-0.1, -0.05) is 6.08 Å². The molecule has 0 heterocycles. The fraction of sp³-hybridized carbons (Fsp3) is 0.667. The van der Waals surface area contributed by atoms with Gasteiger partial charge in [0, 0.05) is 16.3 Å². The molecule has 0 atom stereocenters. The number of allylic oxidation sites excluding steroid dienone is 1. The van der Waals surface area contributed by atoms with Gasteiger partial charge in [-0.25, -0.2) is 4.79 Å². The van der Waals surface area contributed by atoms with Gasteiger partial charge >= 0.3 is 5.97 Å². The minimum Gasteiger partial charge on any atom is -0.478 e. The van der Waals surface area contributed by atoms with Crippen LogP contribution in [0.5, 0.6) is 0 Å². The number of hydrogen-bond acceptors (Lipinski definition) is 3. The largest absolute Gasteiger partial charge is 0.478 e. The Morgan fingerprint density at radius 3 is 2.06 bits per heavy atom. The second kappa shape index (κ2) is 8.94. The second-order valence-corrected chi connectivity index (χ2v) is 3.33. The first-order valence-corrected chi connectivity index (χ1v) is 5.04. The second-order valence-electron chi connectivity index (χ2n) is 3.33. The zero-order valence-electron chi connectivity index (χ0n) is 9.08. The molecule has 4 nitrogen and oxygen atoms in total. The van der Waals surface area contributed by atoms with E-state index in [0.29, 0.717) is 0 Å². The Hall–Kier alpha value is -1.15. The summed E-state index contributed by atoms with van der Waals surface area (Å²) in [6.07, 6.45) is 1.59. The molecule has 0 bridgehead atoms. The van der Waals surface area contributed by atoms with E-state index in [0.717, 1.165) is 0 Å². The molecule has 0 rings (SSSR count). The Balaban J connectivity index is 3.96. The maximum absolute atomic E-state index is 11.7. The normalized spacial score (nSPS) is 12.5. The summed E-state index contributed by atoms with van der Waals surface area (Å²) in [5, 5.41) is 6.71. The highest BCUT2D eigenvalue weighted by Crippen LogP contribution is 2.09. The van der Waals surface area contributed by atoms with Gasteiger partial charge < -0.3 is 5.11 Å². The van der Waals surface area contributed by atoms with Crippen molar-refractivity contribution >= 4 is 5.97 Å². The van der Waals surface area contributed by atoms with Gasteiger partial charge in [0.1, 0.15) is 0 Å². The molecule has 0 amide bonds. The molecular formula is C9H14F4N2O2. The Labute approximate surface area is 95.8 Å². The fourth-order valence-electron chi connectivity index (χ4n) is 1.17. The summed E-state index contributed by atoms with van der Waals surface area (Å²) in [6, 6.07) is 0. The van der Waals surface area contributed by atoms with Crippen LogP contribution in [0.1, 0.15) is 25.7 Å². The van der Waals surface area contributed by atoms with Crippen molar-refractivity contribution in [1.29, 1.82) is 0 Å². The van der Waals surface area contributed by atoms with Crippen molar-refractivity contribution in [1.82, 2.24) is 10.7 Å². The number of aliphatic carboxylic acids is 1. The molecule has 8 heteroatoms. The van der Waals surface area contributed by atoms with Crippen LogP contribution in [0.4, 0.5) is 17.9 Å². The van der Waals surface area contributed by atoms with Crippen molar-refractivity contribution in [2.45, 2.75) is 25.7 Å². The molecule has 0 aliphatic carbocycles. The van der Waals surface area contributed by atoms with Crippen molar-refractivity contribution in [3.05, 3.63) is 11.6 Å². The first-order chi connectivity index (χ1) is 7.93. The third-order valence-corrected chi connectivity index (χ3v) is 1.97. The summed E-state index contributed by atoms with van der Waals surface area (Å²) < 4.78 is 46.6. The standard InChI is InChI=1S/C9H14F4N2O2/c10-14(11)6-2-1-4-8(9(16)17)5-3-7-15(12)13/h4H,1-3,5-7H2,(H,16,17). The molecule has 0 aromatic rings. The van der Waals surface area contributed by atoms with Crippen molar-refractivity contribution in [2.24, 2.45) is 0 Å². The van der Waals surface area contributed by atoms with Crippen LogP contribution in [-0.4, -0.2) is 34.9 Å². The molecule has 0 spiro atoms. The number of carboxylic acid groups (broad SMARTS) is 1. The van der Waals surface area contributed by atoms with Crippen LogP contribution in [0.25, 0.3) is 0 Å². The lowest BCUT2D eigenvalue weighted by molar-refractivity contribution is -0.153. The molecule has 1 N–H and O–H groups in total. The first kappa shape index (κ1) is 15.9.